The zero-order chi connectivity index (χ0) is 10.5. The fraction of sp³-hybridized carbons (Fsp3) is 0. The minimum absolute atomic E-state index is 1.06. The molecule has 2 aromatic heterocycles. The third-order valence-electron chi connectivity index (χ3n) is 3.06. The lowest BCUT2D eigenvalue weighted by Crippen LogP contribution is -1.70. The fourth-order valence-electron chi connectivity index (χ4n) is 2.34. The third kappa shape index (κ3) is 0.852. The van der Waals surface area contributed by atoms with Crippen molar-refractivity contribution in [2.45, 2.75) is 0 Å². The van der Waals surface area contributed by atoms with E-state index in [-0.39, 0.29) is 0 Å². The van der Waals surface area contributed by atoms with Crippen molar-refractivity contribution in [1.82, 2.24) is 15.2 Å². The summed E-state index contributed by atoms with van der Waals surface area (Å²) in [6.07, 6.45) is 1.99. The first-order valence-corrected chi connectivity index (χ1v) is 5.26. The van der Waals surface area contributed by atoms with E-state index in [2.05, 4.69) is 45.5 Å². The summed E-state index contributed by atoms with van der Waals surface area (Å²) in [5.41, 5.74) is 3.23. The lowest BCUT2D eigenvalue weighted by molar-refractivity contribution is 1.12. The maximum atomic E-state index is 4.62. The predicted molar refractivity (Wildman–Crippen MR) is 65.5 cm³/mol. The summed E-state index contributed by atoms with van der Waals surface area (Å²) < 4.78 is 0. The molecule has 3 heteroatoms. The first-order chi connectivity index (χ1) is 7.93. The molecule has 3 nitrogen and oxygen atoms in total. The monoisotopic (exact) mass is 207 g/mol. The quantitative estimate of drug-likeness (QED) is 0.457. The van der Waals surface area contributed by atoms with Crippen LogP contribution in [0.3, 0.4) is 0 Å². The van der Waals surface area contributed by atoms with Crippen LogP contribution in [0.5, 0.6) is 0 Å². The molecule has 0 spiro atoms. The number of hydrogen-bond acceptors (Lipinski definition) is 1. The van der Waals surface area contributed by atoms with E-state index in [1.165, 1.54) is 16.2 Å². The molecule has 0 aliphatic rings. The van der Waals surface area contributed by atoms with E-state index < -0.39 is 0 Å². The Hall–Kier alpha value is -2.29. The Morgan fingerprint density at radius 1 is 0.875 bits per heavy atom. The van der Waals surface area contributed by atoms with Crippen LogP contribution in [0.4, 0.5) is 0 Å². The fourth-order valence-corrected chi connectivity index (χ4v) is 2.34. The smallest absolute Gasteiger partial charge is 0.0724 e. The molecule has 0 unspecified atom stereocenters. The second-order valence-corrected chi connectivity index (χ2v) is 3.96. The second-order valence-electron chi connectivity index (χ2n) is 3.96. The number of fused-ring (bicyclic) bond motifs is 5. The van der Waals surface area contributed by atoms with Crippen molar-refractivity contribution >= 4 is 32.7 Å². The summed E-state index contributed by atoms with van der Waals surface area (Å²) in [4.78, 5) is 4.62. The van der Waals surface area contributed by atoms with Crippen LogP contribution < -0.4 is 0 Å². The van der Waals surface area contributed by atoms with Crippen molar-refractivity contribution in [3.05, 3.63) is 42.6 Å². The van der Waals surface area contributed by atoms with E-state index in [1.54, 1.807) is 0 Å². The van der Waals surface area contributed by atoms with Gasteiger partial charge >= 0.3 is 0 Å². The average Bonchev–Trinajstić information content (AvgIpc) is 2.91. The Labute approximate surface area is 91.1 Å². The lowest BCUT2D eigenvalue weighted by atomic mass is 10.1. The van der Waals surface area contributed by atoms with Crippen LogP contribution in [0.2, 0.25) is 0 Å². The molecule has 0 saturated heterocycles. The number of H-pyrrole nitrogens is 2. The van der Waals surface area contributed by atoms with E-state index in [0.29, 0.717) is 0 Å². The van der Waals surface area contributed by atoms with E-state index >= 15 is 0 Å². The first kappa shape index (κ1) is 7.93. The number of benzene rings is 2. The van der Waals surface area contributed by atoms with Gasteiger partial charge in [0.2, 0.25) is 0 Å². The van der Waals surface area contributed by atoms with Gasteiger partial charge in [0, 0.05) is 22.4 Å². The largest absolute Gasteiger partial charge is 0.307 e. The highest BCUT2D eigenvalue weighted by Gasteiger charge is 2.08. The number of nitrogens with zero attached hydrogens (tertiary/aromatic N) is 1. The molecule has 2 heterocycles. The van der Waals surface area contributed by atoms with Crippen molar-refractivity contribution in [3.63, 3.8) is 0 Å². The van der Waals surface area contributed by atoms with Crippen LogP contribution in [0.1, 0.15) is 0 Å². The second kappa shape index (κ2) is 2.64. The molecule has 16 heavy (non-hydrogen) atoms. The summed E-state index contributed by atoms with van der Waals surface area (Å²) in [7, 11) is 0. The highest BCUT2D eigenvalue weighted by Crippen LogP contribution is 2.30. The van der Waals surface area contributed by atoms with Gasteiger partial charge in [-0.3, -0.25) is 0 Å². The molecular weight excluding hydrogens is 198 g/mol. The van der Waals surface area contributed by atoms with Crippen LogP contribution >= 0.6 is 0 Å². The van der Waals surface area contributed by atoms with Crippen molar-refractivity contribution in [2.75, 3.05) is 0 Å². The number of para-hydroxylation sites is 1. The number of nitrogens with one attached hydrogen (secondary N) is 2. The normalized spacial score (nSPS) is 11.8. The minimum Gasteiger partial charge on any atom is -0.307 e. The molecule has 0 saturated carbocycles. The zero-order valence-corrected chi connectivity index (χ0v) is 8.49. The first-order valence-electron chi connectivity index (χ1n) is 5.26. The number of aromatic amines is 2. The van der Waals surface area contributed by atoms with Gasteiger partial charge in [0.15, 0.2) is 0 Å². The van der Waals surface area contributed by atoms with E-state index in [0.717, 1.165) is 16.6 Å². The molecule has 76 valence electrons. The molecule has 0 fully saturated rings. The molecule has 4 rings (SSSR count). The molecule has 0 atom stereocenters. The van der Waals surface area contributed by atoms with Gasteiger partial charge in [-0.15, -0.1) is 0 Å². The van der Waals surface area contributed by atoms with Gasteiger partial charge in [0.1, 0.15) is 0 Å². The topological polar surface area (TPSA) is 44.5 Å². The Balaban J connectivity index is 2.42. The highest BCUT2D eigenvalue weighted by atomic mass is 15.1. The molecule has 0 aliphatic carbocycles. The maximum Gasteiger partial charge on any atom is 0.0724 e. The highest BCUT2D eigenvalue weighted by molar-refractivity contribution is 6.19. The number of rotatable bonds is 0. The van der Waals surface area contributed by atoms with Crippen molar-refractivity contribution in [3.8, 4) is 0 Å². The molecule has 0 radical (unpaired) electrons. The molecule has 0 amide bonds. The molecule has 0 aliphatic heterocycles. The zero-order valence-electron chi connectivity index (χ0n) is 8.49. The van der Waals surface area contributed by atoms with Crippen LogP contribution in [0, 0.1) is 0 Å². The van der Waals surface area contributed by atoms with E-state index in [4.69, 9.17) is 0 Å². The van der Waals surface area contributed by atoms with Crippen LogP contribution in [-0.4, -0.2) is 15.2 Å². The summed E-state index contributed by atoms with van der Waals surface area (Å²) in [5.74, 6) is 0. The predicted octanol–water partition coefficient (Wildman–Crippen LogP) is 3.20. The van der Waals surface area contributed by atoms with Gasteiger partial charge in [-0.2, -0.15) is 0 Å². The van der Waals surface area contributed by atoms with Crippen molar-refractivity contribution in [1.29, 1.82) is 0 Å². The van der Waals surface area contributed by atoms with Crippen molar-refractivity contribution < 1.29 is 0 Å². The Bertz CT molecular complexity index is 808. The van der Waals surface area contributed by atoms with Crippen molar-refractivity contribution in [2.24, 2.45) is 0 Å². The van der Waals surface area contributed by atoms with Gasteiger partial charge in [-0.25, -0.2) is 4.98 Å². The standard InChI is InChI=1S/C13H9N3/c1-2-4-10-8(3-1)13-9-7-14-16-11(9)5-6-12(13)15-10/h1-7,14,16H. The number of aromatic nitrogens is 3. The van der Waals surface area contributed by atoms with E-state index in [1.807, 2.05) is 12.3 Å². The van der Waals surface area contributed by atoms with Gasteiger partial charge in [-0.05, 0) is 18.2 Å². The van der Waals surface area contributed by atoms with Gasteiger partial charge < -0.3 is 10.2 Å². The Morgan fingerprint density at radius 2 is 1.81 bits per heavy atom. The summed E-state index contributed by atoms with van der Waals surface area (Å²) in [6, 6.07) is 12.4. The maximum absolute atomic E-state index is 4.62. The van der Waals surface area contributed by atoms with Gasteiger partial charge in [0.05, 0.1) is 16.6 Å². The molecule has 2 aromatic carbocycles. The molecule has 0 bridgehead atoms. The van der Waals surface area contributed by atoms with Crippen LogP contribution in [-0.2, 0) is 0 Å². The van der Waals surface area contributed by atoms with E-state index in [9.17, 15) is 0 Å². The Morgan fingerprint density at radius 3 is 2.81 bits per heavy atom. The molecular formula is C13H9N3. The molecule has 4 aromatic rings. The van der Waals surface area contributed by atoms with Crippen LogP contribution in [0.25, 0.3) is 32.7 Å². The van der Waals surface area contributed by atoms with Gasteiger partial charge in [0.25, 0.3) is 0 Å². The average molecular weight is 207 g/mol. The minimum atomic E-state index is 1.06. The Kier molecular flexibility index (Phi) is 1.31. The summed E-state index contributed by atoms with van der Waals surface area (Å²) in [5, 5.41) is 9.79. The summed E-state index contributed by atoms with van der Waals surface area (Å²) >= 11 is 0. The van der Waals surface area contributed by atoms with Gasteiger partial charge in [-0.1, -0.05) is 18.2 Å². The number of hydrogen-bond donors (Lipinski definition) is 2. The van der Waals surface area contributed by atoms with Crippen LogP contribution in [0.15, 0.2) is 42.6 Å². The SMILES string of the molecule is c1ccc2c(c1)nc1ccc3[nH][nH]cc3c12. The molecule has 2 N–H and O–H groups in total. The lowest BCUT2D eigenvalue weighted by Gasteiger charge is -1.92. The summed E-state index contributed by atoms with van der Waals surface area (Å²) in [6.45, 7) is 0. The third-order valence-corrected chi connectivity index (χ3v) is 3.06.